The van der Waals surface area contributed by atoms with Gasteiger partial charge in [0.05, 0.1) is 6.61 Å². The first kappa shape index (κ1) is 8.31. The zero-order valence-electron chi connectivity index (χ0n) is 6.23. The molecular weight excluding hydrogens is 152 g/mol. The number of halogens is 1. The van der Waals surface area contributed by atoms with E-state index in [4.69, 9.17) is 21.1 Å². The number of hydrogen-bond acceptors (Lipinski definition) is 2. The van der Waals surface area contributed by atoms with Crippen LogP contribution in [0.3, 0.4) is 0 Å². The van der Waals surface area contributed by atoms with Crippen molar-refractivity contribution in [3.8, 4) is 0 Å². The second-order valence-electron chi connectivity index (χ2n) is 2.40. The van der Waals surface area contributed by atoms with Crippen LogP contribution in [0, 0.1) is 0 Å². The molecule has 1 heterocycles. The van der Waals surface area contributed by atoms with E-state index in [-0.39, 0.29) is 0 Å². The van der Waals surface area contributed by atoms with Crippen LogP contribution in [0.4, 0.5) is 0 Å². The smallest absolute Gasteiger partial charge is 0.248 e. The quantitative estimate of drug-likeness (QED) is 0.582. The maximum atomic E-state index is 5.93. The Hall–Kier alpha value is 0.210. The monoisotopic (exact) mass is 164 g/mol. The molecule has 1 aliphatic heterocycles. The average Bonchev–Trinajstić information content (AvgIpc) is 1.89. The lowest BCUT2D eigenvalue weighted by molar-refractivity contribution is -0.194. The summed E-state index contributed by atoms with van der Waals surface area (Å²) >= 11 is 5.93. The summed E-state index contributed by atoms with van der Waals surface area (Å²) in [4.78, 5) is 0. The fourth-order valence-corrected chi connectivity index (χ4v) is 1.38. The van der Waals surface area contributed by atoms with Gasteiger partial charge in [0.15, 0.2) is 0 Å². The molecule has 0 aromatic rings. The standard InChI is InChI=1S/C7H13ClO2/c1-2-9-7(8)5-3-4-6-10-7/h2-6H2,1H3. The van der Waals surface area contributed by atoms with Gasteiger partial charge >= 0.3 is 0 Å². The molecule has 0 aromatic heterocycles. The van der Waals surface area contributed by atoms with Crippen molar-refractivity contribution in [2.45, 2.75) is 31.4 Å². The molecule has 1 atom stereocenters. The summed E-state index contributed by atoms with van der Waals surface area (Å²) in [6, 6.07) is 0. The Labute approximate surface area is 66.5 Å². The third-order valence-corrected chi connectivity index (χ3v) is 1.95. The first-order valence-electron chi connectivity index (χ1n) is 3.74. The number of alkyl halides is 1. The SMILES string of the molecule is CCOC1(Cl)CCCCO1. The van der Waals surface area contributed by atoms with Crippen LogP contribution in [0.5, 0.6) is 0 Å². The average molecular weight is 165 g/mol. The highest BCUT2D eigenvalue weighted by Crippen LogP contribution is 2.29. The van der Waals surface area contributed by atoms with E-state index in [2.05, 4.69) is 0 Å². The van der Waals surface area contributed by atoms with Crippen molar-refractivity contribution in [1.29, 1.82) is 0 Å². The lowest BCUT2D eigenvalue weighted by Gasteiger charge is -2.30. The molecule has 1 unspecified atom stereocenters. The molecule has 0 spiro atoms. The molecule has 1 aliphatic rings. The van der Waals surface area contributed by atoms with Crippen LogP contribution in [0.25, 0.3) is 0 Å². The first-order valence-corrected chi connectivity index (χ1v) is 4.11. The van der Waals surface area contributed by atoms with Gasteiger partial charge in [-0.1, -0.05) is 11.6 Å². The normalized spacial score (nSPS) is 34.2. The van der Waals surface area contributed by atoms with Gasteiger partial charge in [-0.05, 0) is 19.8 Å². The summed E-state index contributed by atoms with van der Waals surface area (Å²) in [5, 5.41) is -0.799. The molecule has 60 valence electrons. The highest BCUT2D eigenvalue weighted by molar-refractivity contribution is 6.21. The summed E-state index contributed by atoms with van der Waals surface area (Å²) < 4.78 is 10.5. The molecule has 1 fully saturated rings. The highest BCUT2D eigenvalue weighted by Gasteiger charge is 2.30. The topological polar surface area (TPSA) is 18.5 Å². The van der Waals surface area contributed by atoms with Crippen LogP contribution < -0.4 is 0 Å². The van der Waals surface area contributed by atoms with Crippen molar-refractivity contribution in [2.75, 3.05) is 13.2 Å². The van der Waals surface area contributed by atoms with E-state index in [9.17, 15) is 0 Å². The van der Waals surface area contributed by atoms with Gasteiger partial charge in [-0.3, -0.25) is 0 Å². The predicted molar refractivity (Wildman–Crippen MR) is 40.0 cm³/mol. The molecule has 3 heteroatoms. The molecule has 0 amide bonds. The molecule has 2 nitrogen and oxygen atoms in total. The predicted octanol–water partition coefficient (Wildman–Crippen LogP) is 2.12. The Morgan fingerprint density at radius 1 is 1.60 bits per heavy atom. The molecule has 0 aromatic carbocycles. The maximum absolute atomic E-state index is 5.93. The Balaban J connectivity index is 2.32. The van der Waals surface area contributed by atoms with Crippen molar-refractivity contribution in [3.63, 3.8) is 0 Å². The second kappa shape index (κ2) is 3.56. The van der Waals surface area contributed by atoms with Crippen LogP contribution in [0.15, 0.2) is 0 Å². The number of ether oxygens (including phenoxy) is 2. The maximum Gasteiger partial charge on any atom is 0.248 e. The number of hydrogen-bond donors (Lipinski definition) is 0. The minimum atomic E-state index is -0.799. The van der Waals surface area contributed by atoms with Gasteiger partial charge in [0.25, 0.3) is 0 Å². The zero-order valence-corrected chi connectivity index (χ0v) is 6.99. The number of rotatable bonds is 2. The van der Waals surface area contributed by atoms with Crippen molar-refractivity contribution >= 4 is 11.6 Å². The van der Waals surface area contributed by atoms with Gasteiger partial charge in [0.1, 0.15) is 0 Å². The highest BCUT2D eigenvalue weighted by atomic mass is 35.5. The van der Waals surface area contributed by atoms with Gasteiger partial charge < -0.3 is 9.47 Å². The van der Waals surface area contributed by atoms with E-state index in [0.717, 1.165) is 25.9 Å². The van der Waals surface area contributed by atoms with Crippen LogP contribution >= 0.6 is 11.6 Å². The molecule has 1 saturated heterocycles. The molecule has 0 N–H and O–H groups in total. The summed E-state index contributed by atoms with van der Waals surface area (Å²) in [6.07, 6.45) is 3.01. The van der Waals surface area contributed by atoms with E-state index in [1.807, 2.05) is 6.92 Å². The minimum Gasteiger partial charge on any atom is -0.338 e. The Morgan fingerprint density at radius 2 is 2.40 bits per heavy atom. The Morgan fingerprint density at radius 3 is 2.90 bits per heavy atom. The van der Waals surface area contributed by atoms with Gasteiger partial charge in [-0.2, -0.15) is 0 Å². The first-order chi connectivity index (χ1) is 4.77. The summed E-state index contributed by atoms with van der Waals surface area (Å²) in [7, 11) is 0. The molecule has 0 bridgehead atoms. The molecule has 0 aliphatic carbocycles. The molecule has 0 saturated carbocycles. The van der Waals surface area contributed by atoms with Crippen LogP contribution in [-0.4, -0.2) is 18.5 Å². The van der Waals surface area contributed by atoms with Gasteiger partial charge in [-0.15, -0.1) is 0 Å². The lowest BCUT2D eigenvalue weighted by atomic mass is 10.2. The molecule has 10 heavy (non-hydrogen) atoms. The van der Waals surface area contributed by atoms with Crippen molar-refractivity contribution < 1.29 is 9.47 Å². The summed E-state index contributed by atoms with van der Waals surface area (Å²) in [5.74, 6) is 0. The fourth-order valence-electron chi connectivity index (χ4n) is 1.06. The molecular formula is C7H13ClO2. The Bertz CT molecular complexity index is 94.3. The van der Waals surface area contributed by atoms with E-state index >= 15 is 0 Å². The third-order valence-electron chi connectivity index (χ3n) is 1.55. The van der Waals surface area contributed by atoms with E-state index in [1.165, 1.54) is 0 Å². The van der Waals surface area contributed by atoms with E-state index in [0.29, 0.717) is 6.61 Å². The van der Waals surface area contributed by atoms with E-state index < -0.39 is 5.25 Å². The molecule has 1 rings (SSSR count). The van der Waals surface area contributed by atoms with Gasteiger partial charge in [0.2, 0.25) is 5.25 Å². The summed E-state index contributed by atoms with van der Waals surface area (Å²) in [6.45, 7) is 3.26. The second-order valence-corrected chi connectivity index (χ2v) is 2.97. The zero-order chi connectivity index (χ0) is 7.45. The lowest BCUT2D eigenvalue weighted by Crippen LogP contribution is -2.33. The van der Waals surface area contributed by atoms with Crippen LogP contribution in [0.2, 0.25) is 0 Å². The largest absolute Gasteiger partial charge is 0.338 e. The van der Waals surface area contributed by atoms with Gasteiger partial charge in [-0.25, -0.2) is 0 Å². The summed E-state index contributed by atoms with van der Waals surface area (Å²) in [5.41, 5.74) is 0. The van der Waals surface area contributed by atoms with E-state index in [1.54, 1.807) is 0 Å². The van der Waals surface area contributed by atoms with Crippen molar-refractivity contribution in [3.05, 3.63) is 0 Å². The molecule has 0 radical (unpaired) electrons. The van der Waals surface area contributed by atoms with Crippen molar-refractivity contribution in [2.24, 2.45) is 0 Å². The van der Waals surface area contributed by atoms with Gasteiger partial charge in [0, 0.05) is 13.0 Å². The third kappa shape index (κ3) is 2.11. The minimum absolute atomic E-state index is 0.615. The fraction of sp³-hybridized carbons (Fsp3) is 1.00. The van der Waals surface area contributed by atoms with Crippen LogP contribution in [0.1, 0.15) is 26.2 Å². The van der Waals surface area contributed by atoms with Crippen LogP contribution in [-0.2, 0) is 9.47 Å². The Kier molecular flexibility index (Phi) is 2.96. The van der Waals surface area contributed by atoms with Crippen molar-refractivity contribution in [1.82, 2.24) is 0 Å².